The molecule has 0 bridgehead atoms. The summed E-state index contributed by atoms with van der Waals surface area (Å²) in [7, 11) is 0. The molecule has 0 saturated carbocycles. The lowest BCUT2D eigenvalue weighted by atomic mass is 10.4. The number of anilines is 2. The molecular weight excluding hydrogens is 270 g/mol. The van der Waals surface area contributed by atoms with Gasteiger partial charge in [0.2, 0.25) is 11.9 Å². The van der Waals surface area contributed by atoms with Crippen molar-refractivity contribution in [3.63, 3.8) is 0 Å². The lowest BCUT2D eigenvalue weighted by Gasteiger charge is -2.07. The summed E-state index contributed by atoms with van der Waals surface area (Å²) in [5.41, 5.74) is 6.52. The van der Waals surface area contributed by atoms with Crippen LogP contribution in [0, 0.1) is 6.92 Å². The second kappa shape index (κ2) is 5.49. The monoisotopic (exact) mass is 283 g/mol. The summed E-state index contributed by atoms with van der Waals surface area (Å²) in [6.45, 7) is 2.30. The van der Waals surface area contributed by atoms with Crippen LogP contribution in [0.2, 0.25) is 0 Å². The van der Waals surface area contributed by atoms with E-state index in [2.05, 4.69) is 35.3 Å². The van der Waals surface area contributed by atoms with Crippen molar-refractivity contribution in [1.82, 2.24) is 34.7 Å². The predicted octanol–water partition coefficient (Wildman–Crippen LogP) is 0.350. The summed E-state index contributed by atoms with van der Waals surface area (Å²) < 4.78 is 1.51. The summed E-state index contributed by atoms with van der Waals surface area (Å²) >= 11 is 0. The highest BCUT2D eigenvalue weighted by atomic mass is 15.4. The minimum atomic E-state index is 0.122. The molecule has 21 heavy (non-hydrogen) atoms. The zero-order chi connectivity index (χ0) is 14.7. The van der Waals surface area contributed by atoms with Gasteiger partial charge in [0.1, 0.15) is 5.82 Å². The number of aryl methyl sites for hydroxylation is 1. The van der Waals surface area contributed by atoms with Crippen molar-refractivity contribution < 1.29 is 0 Å². The molecule has 0 aromatic carbocycles. The maximum atomic E-state index is 5.69. The van der Waals surface area contributed by atoms with Crippen LogP contribution in [0.5, 0.6) is 0 Å². The van der Waals surface area contributed by atoms with Crippen LogP contribution < -0.4 is 11.1 Å². The lowest BCUT2D eigenvalue weighted by Crippen LogP contribution is -2.12. The second-order valence-electron chi connectivity index (χ2n) is 4.22. The Kier molecular flexibility index (Phi) is 3.37. The fourth-order valence-electron chi connectivity index (χ4n) is 1.72. The highest BCUT2D eigenvalue weighted by Crippen LogP contribution is 2.07. The molecule has 9 heteroatoms. The van der Waals surface area contributed by atoms with Crippen LogP contribution in [0.4, 0.5) is 11.9 Å². The SMILES string of the molecule is Cc1nccc(CNc2nc(N)nc(-n3cccn3)n2)n1. The predicted molar refractivity (Wildman–Crippen MR) is 75.5 cm³/mol. The fourth-order valence-corrected chi connectivity index (χ4v) is 1.72. The van der Waals surface area contributed by atoms with Gasteiger partial charge in [0.05, 0.1) is 12.2 Å². The Morgan fingerprint density at radius 3 is 2.86 bits per heavy atom. The Hall–Kier alpha value is -3.10. The minimum Gasteiger partial charge on any atom is -0.368 e. The van der Waals surface area contributed by atoms with Gasteiger partial charge in [0.15, 0.2) is 0 Å². The quantitative estimate of drug-likeness (QED) is 0.703. The van der Waals surface area contributed by atoms with Crippen LogP contribution >= 0.6 is 0 Å². The molecule has 3 aromatic heterocycles. The van der Waals surface area contributed by atoms with E-state index in [0.29, 0.717) is 24.3 Å². The smallest absolute Gasteiger partial charge is 0.257 e. The number of rotatable bonds is 4. The van der Waals surface area contributed by atoms with Crippen molar-refractivity contribution in [2.75, 3.05) is 11.1 Å². The third-order valence-corrected chi connectivity index (χ3v) is 2.61. The Bertz CT molecular complexity index is 738. The zero-order valence-corrected chi connectivity index (χ0v) is 11.3. The van der Waals surface area contributed by atoms with Gasteiger partial charge in [-0.2, -0.15) is 20.1 Å². The number of aromatic nitrogens is 7. The molecule has 0 aliphatic carbocycles. The molecule has 0 unspecified atom stereocenters. The van der Waals surface area contributed by atoms with E-state index >= 15 is 0 Å². The molecule has 3 rings (SSSR count). The van der Waals surface area contributed by atoms with Gasteiger partial charge in [-0.15, -0.1) is 0 Å². The van der Waals surface area contributed by atoms with Gasteiger partial charge in [0, 0.05) is 18.6 Å². The van der Waals surface area contributed by atoms with E-state index in [1.165, 1.54) is 4.68 Å². The lowest BCUT2D eigenvalue weighted by molar-refractivity contribution is 0.797. The summed E-state index contributed by atoms with van der Waals surface area (Å²) in [4.78, 5) is 20.7. The molecular formula is C12H13N9. The number of hydrogen-bond acceptors (Lipinski definition) is 8. The zero-order valence-electron chi connectivity index (χ0n) is 11.3. The Labute approximate surface area is 120 Å². The van der Waals surface area contributed by atoms with Crippen LogP contribution in [-0.4, -0.2) is 34.7 Å². The molecule has 0 atom stereocenters. The fraction of sp³-hybridized carbons (Fsp3) is 0.167. The van der Waals surface area contributed by atoms with Gasteiger partial charge in [0.25, 0.3) is 5.95 Å². The number of nitrogen functional groups attached to an aromatic ring is 1. The van der Waals surface area contributed by atoms with Gasteiger partial charge in [-0.25, -0.2) is 14.6 Å². The van der Waals surface area contributed by atoms with Crippen molar-refractivity contribution in [1.29, 1.82) is 0 Å². The first kappa shape index (κ1) is 12.9. The minimum absolute atomic E-state index is 0.122. The van der Waals surface area contributed by atoms with E-state index in [-0.39, 0.29) is 5.95 Å². The first-order valence-electron chi connectivity index (χ1n) is 6.25. The molecule has 106 valence electrons. The summed E-state index contributed by atoms with van der Waals surface area (Å²) in [5.74, 6) is 1.55. The van der Waals surface area contributed by atoms with E-state index < -0.39 is 0 Å². The van der Waals surface area contributed by atoms with Gasteiger partial charge >= 0.3 is 0 Å². The number of nitrogens with zero attached hydrogens (tertiary/aromatic N) is 7. The molecule has 0 spiro atoms. The van der Waals surface area contributed by atoms with Crippen LogP contribution in [-0.2, 0) is 6.54 Å². The number of nitrogens with two attached hydrogens (primary N) is 1. The number of hydrogen-bond donors (Lipinski definition) is 2. The summed E-state index contributed by atoms with van der Waals surface area (Å²) in [6.07, 6.45) is 5.07. The molecule has 3 heterocycles. The highest BCUT2D eigenvalue weighted by molar-refractivity contribution is 5.35. The molecule has 0 radical (unpaired) electrons. The van der Waals surface area contributed by atoms with Crippen molar-refractivity contribution in [2.24, 2.45) is 0 Å². The van der Waals surface area contributed by atoms with Crippen molar-refractivity contribution >= 4 is 11.9 Å². The van der Waals surface area contributed by atoms with Gasteiger partial charge in [-0.05, 0) is 19.1 Å². The van der Waals surface area contributed by atoms with Crippen molar-refractivity contribution in [3.8, 4) is 5.95 Å². The van der Waals surface area contributed by atoms with E-state index in [1.807, 2.05) is 13.0 Å². The maximum Gasteiger partial charge on any atom is 0.257 e. The first-order valence-corrected chi connectivity index (χ1v) is 6.25. The summed E-state index contributed by atoms with van der Waals surface area (Å²) in [6, 6.07) is 3.59. The molecule has 0 aliphatic heterocycles. The summed E-state index contributed by atoms with van der Waals surface area (Å²) in [5, 5.41) is 7.12. The number of nitrogens with one attached hydrogen (secondary N) is 1. The average molecular weight is 283 g/mol. The van der Waals surface area contributed by atoms with E-state index in [0.717, 1.165) is 5.69 Å². The van der Waals surface area contributed by atoms with Gasteiger partial charge < -0.3 is 11.1 Å². The van der Waals surface area contributed by atoms with E-state index in [9.17, 15) is 0 Å². The maximum absolute atomic E-state index is 5.69. The Morgan fingerprint density at radius 2 is 2.10 bits per heavy atom. The molecule has 0 saturated heterocycles. The topological polar surface area (TPSA) is 120 Å². The normalized spacial score (nSPS) is 10.5. The molecule has 0 fully saturated rings. The average Bonchev–Trinajstić information content (AvgIpc) is 2.99. The van der Waals surface area contributed by atoms with Crippen LogP contribution in [0.15, 0.2) is 30.7 Å². The first-order chi connectivity index (χ1) is 10.2. The van der Waals surface area contributed by atoms with Crippen LogP contribution in [0.25, 0.3) is 5.95 Å². The van der Waals surface area contributed by atoms with Gasteiger partial charge in [-0.3, -0.25) is 0 Å². The van der Waals surface area contributed by atoms with Crippen molar-refractivity contribution in [3.05, 3.63) is 42.2 Å². The second-order valence-corrected chi connectivity index (χ2v) is 4.22. The van der Waals surface area contributed by atoms with Crippen molar-refractivity contribution in [2.45, 2.75) is 13.5 Å². The standard InChI is InChI=1S/C12H13N9/c1-8-14-5-3-9(17-8)7-15-11-18-10(13)19-12(20-11)21-6-2-4-16-21/h2-6H,7H2,1H3,(H3,13,15,18,19,20). The molecule has 0 aliphatic rings. The molecule has 3 N–H and O–H groups in total. The molecule has 9 nitrogen and oxygen atoms in total. The molecule has 3 aromatic rings. The Morgan fingerprint density at radius 1 is 1.19 bits per heavy atom. The van der Waals surface area contributed by atoms with Gasteiger partial charge in [-0.1, -0.05) is 0 Å². The van der Waals surface area contributed by atoms with E-state index in [4.69, 9.17) is 5.73 Å². The van der Waals surface area contributed by atoms with E-state index in [1.54, 1.807) is 24.7 Å². The molecule has 0 amide bonds. The highest BCUT2D eigenvalue weighted by Gasteiger charge is 2.06. The van der Waals surface area contributed by atoms with Crippen LogP contribution in [0.3, 0.4) is 0 Å². The van der Waals surface area contributed by atoms with Crippen LogP contribution in [0.1, 0.15) is 11.5 Å². The Balaban J connectivity index is 1.79. The third-order valence-electron chi connectivity index (χ3n) is 2.61. The third kappa shape index (κ3) is 3.08. The largest absolute Gasteiger partial charge is 0.368 e.